The summed E-state index contributed by atoms with van der Waals surface area (Å²) in [6.07, 6.45) is 1.46. The minimum atomic E-state index is -0.395. The number of carbonyl (C=O) groups is 1. The minimum absolute atomic E-state index is 0.109. The fraction of sp³-hybridized carbons (Fsp3) is 0.238. The molecular weight excluding hydrogens is 342 g/mol. The van der Waals surface area contributed by atoms with E-state index in [-0.39, 0.29) is 11.0 Å². The first kappa shape index (κ1) is 18.7. The molecule has 0 aliphatic heterocycles. The molecule has 0 unspecified atom stereocenters. The molecule has 0 saturated heterocycles. The first-order valence-corrected chi connectivity index (χ1v) is 8.79. The average molecular weight is 365 g/mol. The largest absolute Gasteiger partial charge is 0.492 e. The summed E-state index contributed by atoms with van der Waals surface area (Å²) in [6.45, 7) is 1.80. The summed E-state index contributed by atoms with van der Waals surface area (Å²) < 4.78 is 5.65. The second-order valence-corrected chi connectivity index (χ2v) is 6.56. The number of H-pyrrole nitrogens is 1. The SMILES string of the molecule is CN(C)CCOc1ccc(CNC(=O)c2c[nH]c3ccccc3c2=O)cc1. The van der Waals surface area contributed by atoms with Crippen molar-refractivity contribution in [2.45, 2.75) is 6.54 Å². The Hall–Kier alpha value is -3.12. The Morgan fingerprint density at radius 2 is 1.85 bits per heavy atom. The lowest BCUT2D eigenvalue weighted by atomic mass is 10.1. The normalized spacial score (nSPS) is 10.9. The number of nitrogens with zero attached hydrogens (tertiary/aromatic N) is 1. The molecule has 0 aliphatic rings. The number of pyridine rings is 1. The predicted molar refractivity (Wildman–Crippen MR) is 106 cm³/mol. The number of hydrogen-bond acceptors (Lipinski definition) is 4. The van der Waals surface area contributed by atoms with E-state index in [9.17, 15) is 9.59 Å². The molecule has 2 N–H and O–H groups in total. The highest BCUT2D eigenvalue weighted by molar-refractivity contribution is 5.97. The van der Waals surface area contributed by atoms with Gasteiger partial charge in [0.1, 0.15) is 17.9 Å². The third-order valence-electron chi connectivity index (χ3n) is 4.22. The summed E-state index contributed by atoms with van der Waals surface area (Å²) in [5, 5.41) is 3.30. The van der Waals surface area contributed by atoms with Crippen molar-refractivity contribution in [3.63, 3.8) is 0 Å². The second kappa shape index (κ2) is 8.51. The van der Waals surface area contributed by atoms with Gasteiger partial charge >= 0.3 is 0 Å². The standard InChI is InChI=1S/C21H23N3O3/c1-24(2)11-12-27-16-9-7-15(8-10-16)13-23-21(26)18-14-22-19-6-4-3-5-17(19)20(18)25/h3-10,14H,11-13H2,1-2H3,(H,22,25)(H,23,26). The first-order valence-electron chi connectivity index (χ1n) is 8.79. The van der Waals surface area contributed by atoms with Crippen LogP contribution in [0.3, 0.4) is 0 Å². The van der Waals surface area contributed by atoms with Crippen molar-refractivity contribution < 1.29 is 9.53 Å². The molecule has 0 bridgehead atoms. The van der Waals surface area contributed by atoms with Gasteiger partial charge in [-0.1, -0.05) is 24.3 Å². The van der Waals surface area contributed by atoms with Gasteiger partial charge in [-0.2, -0.15) is 0 Å². The number of carbonyl (C=O) groups excluding carboxylic acids is 1. The summed E-state index contributed by atoms with van der Waals surface area (Å²) in [6, 6.07) is 14.7. The lowest BCUT2D eigenvalue weighted by Crippen LogP contribution is -2.28. The van der Waals surface area contributed by atoms with Crippen LogP contribution in [0.4, 0.5) is 0 Å². The molecule has 140 valence electrons. The summed E-state index contributed by atoms with van der Waals surface area (Å²) >= 11 is 0. The van der Waals surface area contributed by atoms with Crippen LogP contribution in [0.2, 0.25) is 0 Å². The molecule has 1 amide bonds. The molecule has 3 aromatic rings. The van der Waals surface area contributed by atoms with Crippen LogP contribution in [0.25, 0.3) is 10.9 Å². The third kappa shape index (κ3) is 4.74. The molecule has 0 radical (unpaired) electrons. The maximum Gasteiger partial charge on any atom is 0.257 e. The van der Waals surface area contributed by atoms with Crippen LogP contribution in [0.1, 0.15) is 15.9 Å². The van der Waals surface area contributed by atoms with Crippen molar-refractivity contribution in [3.05, 3.63) is 76.1 Å². The Morgan fingerprint density at radius 3 is 2.59 bits per heavy atom. The quantitative estimate of drug-likeness (QED) is 0.674. The number of aromatic nitrogens is 1. The fourth-order valence-corrected chi connectivity index (χ4v) is 2.66. The van der Waals surface area contributed by atoms with Crippen molar-refractivity contribution >= 4 is 16.8 Å². The van der Waals surface area contributed by atoms with Crippen molar-refractivity contribution in [3.8, 4) is 5.75 Å². The van der Waals surface area contributed by atoms with Crippen LogP contribution in [0.5, 0.6) is 5.75 Å². The van der Waals surface area contributed by atoms with Crippen molar-refractivity contribution in [2.24, 2.45) is 0 Å². The predicted octanol–water partition coefficient (Wildman–Crippen LogP) is 2.40. The molecule has 27 heavy (non-hydrogen) atoms. The first-order chi connectivity index (χ1) is 13.0. The molecule has 6 heteroatoms. The van der Waals surface area contributed by atoms with Crippen LogP contribution in [-0.4, -0.2) is 43.0 Å². The zero-order valence-corrected chi connectivity index (χ0v) is 15.5. The van der Waals surface area contributed by atoms with E-state index in [2.05, 4.69) is 15.2 Å². The average Bonchev–Trinajstić information content (AvgIpc) is 2.67. The zero-order chi connectivity index (χ0) is 19.2. The number of likely N-dealkylation sites (N-methyl/N-ethyl adjacent to an activating group) is 1. The van der Waals surface area contributed by atoms with Gasteiger partial charge in [0.25, 0.3) is 5.91 Å². The van der Waals surface area contributed by atoms with E-state index in [1.165, 1.54) is 6.20 Å². The highest BCUT2D eigenvalue weighted by Gasteiger charge is 2.12. The van der Waals surface area contributed by atoms with Gasteiger partial charge in [-0.15, -0.1) is 0 Å². The molecule has 0 atom stereocenters. The molecular formula is C21H23N3O3. The number of amides is 1. The molecule has 1 heterocycles. The Kier molecular flexibility index (Phi) is 5.88. The maximum absolute atomic E-state index is 12.5. The van der Waals surface area contributed by atoms with E-state index in [1.807, 2.05) is 44.4 Å². The Balaban J connectivity index is 1.61. The molecule has 0 fully saturated rings. The Bertz CT molecular complexity index is 978. The fourth-order valence-electron chi connectivity index (χ4n) is 2.66. The molecule has 1 aromatic heterocycles. The zero-order valence-electron chi connectivity index (χ0n) is 15.5. The number of fused-ring (bicyclic) bond motifs is 1. The van der Waals surface area contributed by atoms with Gasteiger partial charge < -0.3 is 19.9 Å². The number of benzene rings is 2. The van der Waals surface area contributed by atoms with Gasteiger partial charge in [-0.05, 0) is 43.9 Å². The molecule has 0 spiro atoms. The van der Waals surface area contributed by atoms with E-state index < -0.39 is 5.91 Å². The number of hydrogen-bond donors (Lipinski definition) is 2. The number of para-hydroxylation sites is 1. The Labute approximate surface area is 157 Å². The van der Waals surface area contributed by atoms with Gasteiger partial charge in [0.05, 0.1) is 0 Å². The number of aromatic amines is 1. The van der Waals surface area contributed by atoms with Crippen LogP contribution in [0.15, 0.2) is 59.5 Å². The summed E-state index contributed by atoms with van der Waals surface area (Å²) in [5.74, 6) is 0.395. The summed E-state index contributed by atoms with van der Waals surface area (Å²) in [7, 11) is 3.99. The van der Waals surface area contributed by atoms with Gasteiger partial charge in [-0.25, -0.2) is 0 Å². The van der Waals surface area contributed by atoms with Crippen molar-refractivity contribution in [1.82, 2.24) is 15.2 Å². The van der Waals surface area contributed by atoms with E-state index in [4.69, 9.17) is 4.74 Å². The van der Waals surface area contributed by atoms with Gasteiger partial charge in [0.15, 0.2) is 0 Å². The highest BCUT2D eigenvalue weighted by Crippen LogP contribution is 2.12. The maximum atomic E-state index is 12.5. The molecule has 0 aliphatic carbocycles. The monoisotopic (exact) mass is 365 g/mol. The van der Waals surface area contributed by atoms with E-state index in [1.54, 1.807) is 18.2 Å². The number of ether oxygens (including phenoxy) is 1. The topological polar surface area (TPSA) is 74.4 Å². The van der Waals surface area contributed by atoms with Crippen LogP contribution >= 0.6 is 0 Å². The smallest absolute Gasteiger partial charge is 0.257 e. The lowest BCUT2D eigenvalue weighted by molar-refractivity contribution is 0.0949. The summed E-state index contributed by atoms with van der Waals surface area (Å²) in [5.41, 5.74) is 1.48. The number of nitrogens with one attached hydrogen (secondary N) is 2. The Morgan fingerprint density at radius 1 is 1.11 bits per heavy atom. The van der Waals surface area contributed by atoms with Gasteiger partial charge in [0, 0.05) is 30.2 Å². The van der Waals surface area contributed by atoms with Crippen LogP contribution < -0.4 is 15.5 Å². The highest BCUT2D eigenvalue weighted by atomic mass is 16.5. The van der Waals surface area contributed by atoms with E-state index in [0.717, 1.165) is 17.9 Å². The molecule has 0 saturated carbocycles. The van der Waals surface area contributed by atoms with E-state index >= 15 is 0 Å². The minimum Gasteiger partial charge on any atom is -0.492 e. The third-order valence-corrected chi connectivity index (χ3v) is 4.22. The van der Waals surface area contributed by atoms with Crippen LogP contribution in [0, 0.1) is 0 Å². The van der Waals surface area contributed by atoms with Crippen molar-refractivity contribution in [1.29, 1.82) is 0 Å². The van der Waals surface area contributed by atoms with Gasteiger partial charge in [-0.3, -0.25) is 9.59 Å². The van der Waals surface area contributed by atoms with Crippen LogP contribution in [-0.2, 0) is 6.54 Å². The van der Waals surface area contributed by atoms with Crippen molar-refractivity contribution in [2.75, 3.05) is 27.2 Å². The summed E-state index contributed by atoms with van der Waals surface area (Å²) in [4.78, 5) is 29.9. The van der Waals surface area contributed by atoms with E-state index in [0.29, 0.717) is 24.1 Å². The lowest BCUT2D eigenvalue weighted by Gasteiger charge is -2.11. The molecule has 3 rings (SSSR count). The second-order valence-electron chi connectivity index (χ2n) is 6.56. The molecule has 2 aromatic carbocycles. The van der Waals surface area contributed by atoms with Gasteiger partial charge in [0.2, 0.25) is 5.43 Å². The number of rotatable bonds is 7. The molecule has 6 nitrogen and oxygen atoms in total.